The van der Waals surface area contributed by atoms with E-state index < -0.39 is 11.2 Å². The van der Waals surface area contributed by atoms with Crippen LogP contribution in [0.3, 0.4) is 0 Å². The number of anilines is 2. The molecule has 0 unspecified atom stereocenters. The molecular formula is C24H26ClN5O3. The Balaban J connectivity index is 1.52. The number of benzene rings is 2. The number of halogens is 1. The van der Waals surface area contributed by atoms with Gasteiger partial charge in [-0.05, 0) is 17.7 Å². The molecule has 0 bridgehead atoms. The first-order valence-corrected chi connectivity index (χ1v) is 11.1. The number of rotatable bonds is 6. The third-order valence-electron chi connectivity index (χ3n) is 5.98. The molecule has 0 atom stereocenters. The number of ketones is 1. The molecule has 2 heterocycles. The SMILES string of the molecule is Cn1c(=O)c(C(=O)CN2CCN(c3ccccc3Cl)CC2)c(N)n(Cc2ccccc2)c1=O. The highest BCUT2D eigenvalue weighted by Gasteiger charge is 2.25. The maximum atomic E-state index is 13.1. The Kier molecular flexibility index (Phi) is 6.67. The number of para-hydroxylation sites is 1. The molecule has 33 heavy (non-hydrogen) atoms. The Morgan fingerprint density at radius 2 is 1.61 bits per heavy atom. The minimum Gasteiger partial charge on any atom is -0.384 e. The molecule has 2 N–H and O–H groups in total. The van der Waals surface area contributed by atoms with Crippen LogP contribution in [-0.4, -0.2) is 52.5 Å². The van der Waals surface area contributed by atoms with Gasteiger partial charge in [-0.15, -0.1) is 0 Å². The number of piperazine rings is 1. The summed E-state index contributed by atoms with van der Waals surface area (Å²) in [6, 6.07) is 17.0. The van der Waals surface area contributed by atoms with E-state index in [-0.39, 0.29) is 30.3 Å². The van der Waals surface area contributed by atoms with E-state index in [1.54, 1.807) is 0 Å². The summed E-state index contributed by atoms with van der Waals surface area (Å²) >= 11 is 6.31. The van der Waals surface area contributed by atoms with Crippen molar-refractivity contribution in [1.82, 2.24) is 14.0 Å². The van der Waals surface area contributed by atoms with Crippen LogP contribution >= 0.6 is 11.6 Å². The molecule has 0 saturated carbocycles. The van der Waals surface area contributed by atoms with Crippen LogP contribution in [0.1, 0.15) is 15.9 Å². The van der Waals surface area contributed by atoms with Gasteiger partial charge in [0.2, 0.25) is 0 Å². The molecule has 0 amide bonds. The van der Waals surface area contributed by atoms with E-state index in [0.717, 1.165) is 15.8 Å². The Morgan fingerprint density at radius 1 is 0.970 bits per heavy atom. The number of nitrogens with zero attached hydrogens (tertiary/aromatic N) is 4. The predicted molar refractivity (Wildman–Crippen MR) is 130 cm³/mol. The van der Waals surface area contributed by atoms with Crippen LogP contribution in [0.4, 0.5) is 11.5 Å². The van der Waals surface area contributed by atoms with E-state index in [2.05, 4.69) is 4.90 Å². The molecule has 1 aliphatic heterocycles. The fourth-order valence-electron chi connectivity index (χ4n) is 4.10. The summed E-state index contributed by atoms with van der Waals surface area (Å²) in [6.07, 6.45) is 0. The lowest BCUT2D eigenvalue weighted by atomic mass is 10.1. The molecule has 1 saturated heterocycles. The van der Waals surface area contributed by atoms with Gasteiger partial charge < -0.3 is 10.6 Å². The number of nitrogen functional groups attached to an aromatic ring is 1. The van der Waals surface area contributed by atoms with E-state index >= 15 is 0 Å². The van der Waals surface area contributed by atoms with Crippen molar-refractivity contribution in [3.8, 4) is 0 Å². The lowest BCUT2D eigenvalue weighted by Crippen LogP contribution is -2.49. The molecule has 1 fully saturated rings. The number of carbonyl (C=O) groups excluding carboxylic acids is 1. The number of Topliss-reactive ketones (excluding diaryl/α,β-unsaturated/α-hetero) is 1. The van der Waals surface area contributed by atoms with E-state index in [1.165, 1.54) is 11.6 Å². The second-order valence-corrected chi connectivity index (χ2v) is 8.52. The second-order valence-electron chi connectivity index (χ2n) is 8.12. The maximum absolute atomic E-state index is 13.1. The third-order valence-corrected chi connectivity index (χ3v) is 6.30. The quantitative estimate of drug-likeness (QED) is 0.556. The fraction of sp³-hybridized carbons (Fsp3) is 0.292. The summed E-state index contributed by atoms with van der Waals surface area (Å²) in [4.78, 5) is 42.8. The van der Waals surface area contributed by atoms with Gasteiger partial charge >= 0.3 is 5.69 Å². The van der Waals surface area contributed by atoms with Gasteiger partial charge in [0.15, 0.2) is 5.78 Å². The number of hydrogen-bond acceptors (Lipinski definition) is 6. The van der Waals surface area contributed by atoms with Gasteiger partial charge in [-0.3, -0.25) is 23.6 Å². The van der Waals surface area contributed by atoms with Gasteiger partial charge in [0.05, 0.1) is 23.8 Å². The molecule has 172 valence electrons. The summed E-state index contributed by atoms with van der Waals surface area (Å²) in [5.41, 5.74) is 6.67. The molecule has 9 heteroatoms. The molecule has 1 aliphatic rings. The molecule has 0 radical (unpaired) electrons. The smallest absolute Gasteiger partial charge is 0.332 e. The van der Waals surface area contributed by atoms with Gasteiger partial charge in [-0.25, -0.2) is 4.79 Å². The van der Waals surface area contributed by atoms with Crippen molar-refractivity contribution in [3.05, 3.63) is 91.6 Å². The van der Waals surface area contributed by atoms with Gasteiger partial charge in [0.1, 0.15) is 11.4 Å². The van der Waals surface area contributed by atoms with Crippen molar-refractivity contribution >= 4 is 28.9 Å². The van der Waals surface area contributed by atoms with Crippen molar-refractivity contribution in [2.24, 2.45) is 7.05 Å². The van der Waals surface area contributed by atoms with Gasteiger partial charge in [-0.2, -0.15) is 0 Å². The van der Waals surface area contributed by atoms with Crippen molar-refractivity contribution < 1.29 is 4.79 Å². The van der Waals surface area contributed by atoms with E-state index in [4.69, 9.17) is 17.3 Å². The molecule has 1 aromatic heterocycles. The minimum absolute atomic E-state index is 0.0549. The summed E-state index contributed by atoms with van der Waals surface area (Å²) in [5.74, 6) is -0.479. The average molecular weight is 468 g/mol. The van der Waals surface area contributed by atoms with E-state index in [9.17, 15) is 14.4 Å². The number of aromatic nitrogens is 2. The fourth-order valence-corrected chi connectivity index (χ4v) is 4.36. The summed E-state index contributed by atoms with van der Waals surface area (Å²) in [6.45, 7) is 2.92. The van der Waals surface area contributed by atoms with Crippen LogP contribution in [-0.2, 0) is 13.6 Å². The molecular weight excluding hydrogens is 442 g/mol. The van der Waals surface area contributed by atoms with Crippen molar-refractivity contribution in [2.45, 2.75) is 6.54 Å². The first-order chi connectivity index (χ1) is 15.9. The third kappa shape index (κ3) is 4.72. The van der Waals surface area contributed by atoms with Gasteiger partial charge in [0.25, 0.3) is 5.56 Å². The maximum Gasteiger partial charge on any atom is 0.332 e. The lowest BCUT2D eigenvalue weighted by Gasteiger charge is -2.36. The second kappa shape index (κ2) is 9.64. The van der Waals surface area contributed by atoms with Crippen LogP contribution in [0, 0.1) is 0 Å². The zero-order valence-corrected chi connectivity index (χ0v) is 19.2. The van der Waals surface area contributed by atoms with E-state index in [0.29, 0.717) is 31.2 Å². The van der Waals surface area contributed by atoms with Crippen LogP contribution < -0.4 is 21.9 Å². The zero-order chi connectivity index (χ0) is 23.5. The Hall–Kier alpha value is -3.36. The van der Waals surface area contributed by atoms with Crippen LogP contribution in [0.5, 0.6) is 0 Å². The topological polar surface area (TPSA) is 93.6 Å². The molecule has 8 nitrogen and oxygen atoms in total. The number of carbonyl (C=O) groups is 1. The van der Waals surface area contributed by atoms with Crippen molar-refractivity contribution in [2.75, 3.05) is 43.4 Å². The van der Waals surface area contributed by atoms with Gasteiger partial charge in [0, 0.05) is 33.2 Å². The first-order valence-electron chi connectivity index (χ1n) is 10.7. The largest absolute Gasteiger partial charge is 0.384 e. The minimum atomic E-state index is -0.665. The zero-order valence-electron chi connectivity index (χ0n) is 18.4. The highest BCUT2D eigenvalue weighted by molar-refractivity contribution is 6.33. The average Bonchev–Trinajstić information content (AvgIpc) is 2.82. The van der Waals surface area contributed by atoms with Crippen molar-refractivity contribution in [1.29, 1.82) is 0 Å². The van der Waals surface area contributed by atoms with Crippen LogP contribution in [0.25, 0.3) is 0 Å². The highest BCUT2D eigenvalue weighted by Crippen LogP contribution is 2.26. The highest BCUT2D eigenvalue weighted by atomic mass is 35.5. The molecule has 0 spiro atoms. The number of hydrogen-bond donors (Lipinski definition) is 1. The normalized spacial score (nSPS) is 14.4. The Bertz CT molecular complexity index is 1280. The summed E-state index contributed by atoms with van der Waals surface area (Å²) in [5, 5.41) is 0.693. The summed E-state index contributed by atoms with van der Waals surface area (Å²) < 4.78 is 2.22. The van der Waals surface area contributed by atoms with Crippen molar-refractivity contribution in [3.63, 3.8) is 0 Å². The monoisotopic (exact) mass is 467 g/mol. The predicted octanol–water partition coefficient (Wildman–Crippen LogP) is 1.84. The first kappa shape index (κ1) is 22.8. The summed E-state index contributed by atoms with van der Waals surface area (Å²) in [7, 11) is 1.37. The Morgan fingerprint density at radius 3 is 2.27 bits per heavy atom. The van der Waals surface area contributed by atoms with Gasteiger partial charge in [-0.1, -0.05) is 54.1 Å². The van der Waals surface area contributed by atoms with Crippen LogP contribution in [0.2, 0.25) is 5.02 Å². The van der Waals surface area contributed by atoms with E-state index in [1.807, 2.05) is 59.5 Å². The number of nitrogens with two attached hydrogens (primary N) is 1. The lowest BCUT2D eigenvalue weighted by molar-refractivity contribution is 0.0924. The Labute approximate surface area is 196 Å². The standard InChI is InChI=1S/C24H26ClN5O3/c1-27-23(32)21(22(26)30(24(27)33)15-17-7-3-2-4-8-17)20(31)16-28-11-13-29(14-12-28)19-10-6-5-9-18(19)25/h2-10H,11-16,26H2,1H3. The molecule has 4 rings (SSSR count). The molecule has 3 aromatic rings. The molecule has 0 aliphatic carbocycles. The molecule has 2 aromatic carbocycles. The van der Waals surface area contributed by atoms with Crippen LogP contribution in [0.15, 0.2) is 64.2 Å².